The summed E-state index contributed by atoms with van der Waals surface area (Å²) in [6.45, 7) is 9.33. The number of hydrogen-bond donors (Lipinski definition) is 2. The van der Waals surface area contributed by atoms with Gasteiger partial charge in [-0.15, -0.1) is 0 Å². The molecule has 1 aromatic rings. The largest absolute Gasteiger partial charge is 0.353 e. The standard InChI is InChI=1S/C18H27ClN4O2/c1-13(2)20-17(24)12-22-8-10-23(11-9-22)14(3)18(25)21-16-6-4-15(19)5-7-16/h4-7,13-14H,8-12H2,1-3H3,(H,20,24)(H,21,25)/t14-/m1/s1. The van der Waals surface area contributed by atoms with Crippen LogP contribution in [0, 0.1) is 0 Å². The van der Waals surface area contributed by atoms with Gasteiger partial charge in [-0.25, -0.2) is 0 Å². The Morgan fingerprint density at radius 3 is 2.24 bits per heavy atom. The lowest BCUT2D eigenvalue weighted by Crippen LogP contribution is -2.54. The van der Waals surface area contributed by atoms with Crippen LogP contribution >= 0.6 is 11.6 Å². The van der Waals surface area contributed by atoms with Gasteiger partial charge in [0.15, 0.2) is 0 Å². The van der Waals surface area contributed by atoms with Gasteiger partial charge in [0, 0.05) is 42.9 Å². The van der Waals surface area contributed by atoms with E-state index in [1.807, 2.05) is 20.8 Å². The maximum atomic E-state index is 12.4. The molecule has 0 aromatic heterocycles. The van der Waals surface area contributed by atoms with E-state index in [9.17, 15) is 9.59 Å². The summed E-state index contributed by atoms with van der Waals surface area (Å²) in [6.07, 6.45) is 0. The van der Waals surface area contributed by atoms with Crippen LogP contribution in [0.1, 0.15) is 20.8 Å². The molecule has 0 bridgehead atoms. The van der Waals surface area contributed by atoms with Crippen LogP contribution in [-0.2, 0) is 9.59 Å². The molecule has 2 N–H and O–H groups in total. The van der Waals surface area contributed by atoms with Gasteiger partial charge in [-0.1, -0.05) is 11.6 Å². The minimum Gasteiger partial charge on any atom is -0.353 e. The Kier molecular flexibility index (Phi) is 7.23. The molecule has 1 atom stereocenters. The maximum Gasteiger partial charge on any atom is 0.241 e. The van der Waals surface area contributed by atoms with Crippen molar-refractivity contribution in [1.82, 2.24) is 15.1 Å². The molecular weight excluding hydrogens is 340 g/mol. The molecule has 0 aliphatic carbocycles. The Bertz CT molecular complexity index is 583. The minimum atomic E-state index is -0.220. The van der Waals surface area contributed by atoms with Crippen LogP contribution in [0.25, 0.3) is 0 Å². The highest BCUT2D eigenvalue weighted by Crippen LogP contribution is 2.15. The van der Waals surface area contributed by atoms with Crippen LogP contribution in [0.15, 0.2) is 24.3 Å². The van der Waals surface area contributed by atoms with E-state index in [0.717, 1.165) is 31.9 Å². The molecule has 1 saturated heterocycles. The molecule has 1 aliphatic heterocycles. The highest BCUT2D eigenvalue weighted by Gasteiger charge is 2.26. The second-order valence-corrected chi connectivity index (χ2v) is 7.14. The molecule has 2 rings (SSSR count). The first-order chi connectivity index (χ1) is 11.8. The van der Waals surface area contributed by atoms with E-state index < -0.39 is 0 Å². The summed E-state index contributed by atoms with van der Waals surface area (Å²) in [7, 11) is 0. The number of anilines is 1. The van der Waals surface area contributed by atoms with Crippen molar-refractivity contribution in [3.63, 3.8) is 0 Å². The zero-order valence-electron chi connectivity index (χ0n) is 15.1. The number of piperazine rings is 1. The van der Waals surface area contributed by atoms with Gasteiger partial charge in [-0.05, 0) is 45.0 Å². The molecule has 25 heavy (non-hydrogen) atoms. The second-order valence-electron chi connectivity index (χ2n) is 6.71. The van der Waals surface area contributed by atoms with Crippen molar-refractivity contribution in [3.05, 3.63) is 29.3 Å². The fraction of sp³-hybridized carbons (Fsp3) is 0.556. The van der Waals surface area contributed by atoms with E-state index in [0.29, 0.717) is 11.6 Å². The van der Waals surface area contributed by atoms with E-state index in [4.69, 9.17) is 11.6 Å². The zero-order chi connectivity index (χ0) is 18.4. The predicted molar refractivity (Wildman–Crippen MR) is 101 cm³/mol. The Morgan fingerprint density at radius 1 is 1.08 bits per heavy atom. The van der Waals surface area contributed by atoms with Crippen molar-refractivity contribution >= 4 is 29.1 Å². The Hall–Kier alpha value is -1.63. The summed E-state index contributed by atoms with van der Waals surface area (Å²) >= 11 is 5.86. The molecular formula is C18H27ClN4O2. The molecule has 0 radical (unpaired) electrons. The fourth-order valence-corrected chi connectivity index (χ4v) is 2.95. The van der Waals surface area contributed by atoms with Crippen molar-refractivity contribution in [2.45, 2.75) is 32.9 Å². The van der Waals surface area contributed by atoms with E-state index in [1.54, 1.807) is 24.3 Å². The smallest absolute Gasteiger partial charge is 0.241 e. The van der Waals surface area contributed by atoms with Crippen molar-refractivity contribution in [2.75, 3.05) is 38.0 Å². The average molecular weight is 367 g/mol. The third-order valence-electron chi connectivity index (χ3n) is 4.26. The lowest BCUT2D eigenvalue weighted by molar-refractivity contribution is -0.125. The van der Waals surface area contributed by atoms with E-state index in [1.165, 1.54) is 0 Å². The normalized spacial score (nSPS) is 17.3. The van der Waals surface area contributed by atoms with Gasteiger partial charge in [0.1, 0.15) is 0 Å². The number of nitrogens with one attached hydrogen (secondary N) is 2. The van der Waals surface area contributed by atoms with Gasteiger partial charge >= 0.3 is 0 Å². The lowest BCUT2D eigenvalue weighted by Gasteiger charge is -2.37. The number of rotatable bonds is 6. The maximum absolute atomic E-state index is 12.4. The molecule has 1 fully saturated rings. The van der Waals surface area contributed by atoms with Crippen LogP contribution in [0.5, 0.6) is 0 Å². The molecule has 1 heterocycles. The third kappa shape index (κ3) is 6.30. The Balaban J connectivity index is 1.78. The van der Waals surface area contributed by atoms with Crippen LogP contribution in [0.4, 0.5) is 5.69 Å². The molecule has 1 aliphatic rings. The zero-order valence-corrected chi connectivity index (χ0v) is 15.8. The quantitative estimate of drug-likeness (QED) is 0.806. The summed E-state index contributed by atoms with van der Waals surface area (Å²) in [5, 5.41) is 6.46. The summed E-state index contributed by atoms with van der Waals surface area (Å²) in [4.78, 5) is 28.5. The molecule has 138 valence electrons. The molecule has 0 unspecified atom stereocenters. The highest BCUT2D eigenvalue weighted by atomic mass is 35.5. The minimum absolute atomic E-state index is 0.0340. The monoisotopic (exact) mass is 366 g/mol. The van der Waals surface area contributed by atoms with E-state index in [-0.39, 0.29) is 23.9 Å². The van der Waals surface area contributed by atoms with Crippen molar-refractivity contribution in [3.8, 4) is 0 Å². The van der Waals surface area contributed by atoms with Gasteiger partial charge < -0.3 is 10.6 Å². The topological polar surface area (TPSA) is 64.7 Å². The van der Waals surface area contributed by atoms with E-state index >= 15 is 0 Å². The number of amides is 2. The SMILES string of the molecule is CC(C)NC(=O)CN1CCN([C@H](C)C(=O)Nc2ccc(Cl)cc2)CC1. The molecule has 7 heteroatoms. The lowest BCUT2D eigenvalue weighted by atomic mass is 10.2. The Morgan fingerprint density at radius 2 is 1.68 bits per heavy atom. The highest BCUT2D eigenvalue weighted by molar-refractivity contribution is 6.30. The summed E-state index contributed by atoms with van der Waals surface area (Å²) in [5.41, 5.74) is 0.741. The number of hydrogen-bond acceptors (Lipinski definition) is 4. The van der Waals surface area contributed by atoms with Gasteiger partial charge in [0.05, 0.1) is 12.6 Å². The van der Waals surface area contributed by atoms with Crippen LogP contribution in [-0.4, -0.2) is 66.4 Å². The molecule has 0 saturated carbocycles. The van der Waals surface area contributed by atoms with E-state index in [2.05, 4.69) is 20.4 Å². The number of nitrogens with zero attached hydrogens (tertiary/aromatic N) is 2. The molecule has 0 spiro atoms. The van der Waals surface area contributed by atoms with Gasteiger partial charge in [-0.2, -0.15) is 0 Å². The van der Waals surface area contributed by atoms with Gasteiger partial charge in [-0.3, -0.25) is 19.4 Å². The van der Waals surface area contributed by atoms with Gasteiger partial charge in [0.25, 0.3) is 0 Å². The Labute approximate surface area is 154 Å². The first kappa shape index (κ1) is 19.7. The number of benzene rings is 1. The predicted octanol–water partition coefficient (Wildman–Crippen LogP) is 1.81. The first-order valence-corrected chi connectivity index (χ1v) is 9.05. The summed E-state index contributed by atoms with van der Waals surface area (Å²) < 4.78 is 0. The van der Waals surface area contributed by atoms with Crippen molar-refractivity contribution in [1.29, 1.82) is 0 Å². The number of carbonyl (C=O) groups is 2. The molecule has 6 nitrogen and oxygen atoms in total. The summed E-state index contributed by atoms with van der Waals surface area (Å²) in [5.74, 6) is 0.0188. The van der Waals surface area contributed by atoms with Crippen molar-refractivity contribution in [2.24, 2.45) is 0 Å². The summed E-state index contributed by atoms with van der Waals surface area (Å²) in [6, 6.07) is 7.02. The number of carbonyl (C=O) groups excluding carboxylic acids is 2. The van der Waals surface area contributed by atoms with Gasteiger partial charge in [0.2, 0.25) is 11.8 Å². The van der Waals surface area contributed by atoms with Crippen LogP contribution < -0.4 is 10.6 Å². The van der Waals surface area contributed by atoms with Crippen LogP contribution in [0.3, 0.4) is 0 Å². The number of halogens is 1. The van der Waals surface area contributed by atoms with Crippen molar-refractivity contribution < 1.29 is 9.59 Å². The van der Waals surface area contributed by atoms with Crippen LogP contribution in [0.2, 0.25) is 5.02 Å². The third-order valence-corrected chi connectivity index (χ3v) is 4.51. The first-order valence-electron chi connectivity index (χ1n) is 8.67. The molecule has 1 aromatic carbocycles. The fourth-order valence-electron chi connectivity index (χ4n) is 2.83. The molecule has 2 amide bonds. The second kappa shape index (κ2) is 9.17. The average Bonchev–Trinajstić information content (AvgIpc) is 2.56.